The van der Waals surface area contributed by atoms with E-state index in [-0.39, 0.29) is 17.4 Å². The van der Waals surface area contributed by atoms with Gasteiger partial charge in [-0.2, -0.15) is 5.10 Å². The Morgan fingerprint density at radius 3 is 2.21 bits per heavy atom. The molecule has 0 aliphatic heterocycles. The van der Waals surface area contributed by atoms with Crippen LogP contribution in [0.25, 0.3) is 5.69 Å². The predicted molar refractivity (Wildman–Crippen MR) is 135 cm³/mol. The molecular weight excluding hydrogens is 418 g/mol. The van der Waals surface area contributed by atoms with E-state index in [1.807, 2.05) is 29.1 Å². The number of hydrogen-bond donors (Lipinski definition) is 1. The van der Waals surface area contributed by atoms with Gasteiger partial charge in [0.2, 0.25) is 0 Å². The minimum atomic E-state index is -0.00242. The molecule has 1 unspecified atom stereocenters. The van der Waals surface area contributed by atoms with Crippen molar-refractivity contribution in [3.8, 4) is 5.69 Å². The molecule has 1 aromatic heterocycles. The average Bonchev–Trinajstić information content (AvgIpc) is 3.30. The van der Waals surface area contributed by atoms with Crippen molar-refractivity contribution in [1.82, 2.24) is 15.1 Å². The second kappa shape index (κ2) is 8.41. The summed E-state index contributed by atoms with van der Waals surface area (Å²) in [4.78, 5) is 13.8. The Labute approximate surface area is 202 Å². The van der Waals surface area contributed by atoms with Gasteiger partial charge in [-0.3, -0.25) is 4.79 Å². The lowest BCUT2D eigenvalue weighted by Crippen LogP contribution is -2.49. The molecule has 1 atom stereocenters. The number of carbonyl (C=O) groups is 1. The molecule has 0 radical (unpaired) electrons. The van der Waals surface area contributed by atoms with Gasteiger partial charge in [0.25, 0.3) is 5.91 Å². The molecule has 4 saturated carbocycles. The van der Waals surface area contributed by atoms with Crippen LogP contribution in [0.15, 0.2) is 60.8 Å². The number of aromatic nitrogens is 2. The molecule has 4 bridgehead atoms. The number of para-hydroxylation sites is 1. The van der Waals surface area contributed by atoms with E-state index in [2.05, 4.69) is 55.6 Å². The van der Waals surface area contributed by atoms with Gasteiger partial charge in [0.15, 0.2) is 0 Å². The second-order valence-electron chi connectivity index (χ2n) is 11.2. The van der Waals surface area contributed by atoms with Crippen LogP contribution in [0.5, 0.6) is 0 Å². The second-order valence-corrected chi connectivity index (χ2v) is 11.2. The molecule has 34 heavy (non-hydrogen) atoms. The van der Waals surface area contributed by atoms with Gasteiger partial charge >= 0.3 is 0 Å². The third kappa shape index (κ3) is 3.77. The minimum Gasteiger partial charge on any atom is -0.345 e. The fraction of sp³-hybridized carbons (Fsp3) is 0.467. The van der Waals surface area contributed by atoms with Gasteiger partial charge in [-0.1, -0.05) is 55.0 Å². The lowest BCUT2D eigenvalue weighted by atomic mass is 9.48. The number of hydrogen-bond acceptors (Lipinski definition) is 2. The van der Waals surface area contributed by atoms with Crippen LogP contribution in [0.1, 0.15) is 85.1 Å². The van der Waals surface area contributed by atoms with Crippen molar-refractivity contribution in [2.75, 3.05) is 0 Å². The maximum absolute atomic E-state index is 13.8. The summed E-state index contributed by atoms with van der Waals surface area (Å²) in [5.74, 6) is 2.43. The van der Waals surface area contributed by atoms with Crippen molar-refractivity contribution in [1.29, 1.82) is 0 Å². The number of amides is 1. The molecule has 4 heteroatoms. The molecule has 176 valence electrons. The summed E-state index contributed by atoms with van der Waals surface area (Å²) in [5.41, 5.74) is 5.29. The summed E-state index contributed by atoms with van der Waals surface area (Å²) in [6, 6.07) is 18.7. The molecule has 1 N–H and O–H groups in total. The van der Waals surface area contributed by atoms with Crippen LogP contribution < -0.4 is 5.32 Å². The van der Waals surface area contributed by atoms with Gasteiger partial charge in [-0.05, 0) is 87.3 Å². The van der Waals surface area contributed by atoms with E-state index in [0.29, 0.717) is 0 Å². The highest BCUT2D eigenvalue weighted by molar-refractivity contribution is 5.96. The molecule has 7 rings (SSSR count). The van der Waals surface area contributed by atoms with Crippen LogP contribution in [0, 0.1) is 24.7 Å². The van der Waals surface area contributed by atoms with E-state index in [4.69, 9.17) is 5.10 Å². The maximum Gasteiger partial charge on any atom is 0.255 e. The van der Waals surface area contributed by atoms with E-state index in [9.17, 15) is 4.79 Å². The number of benzene rings is 2. The van der Waals surface area contributed by atoms with Crippen LogP contribution >= 0.6 is 0 Å². The molecule has 2 aromatic carbocycles. The molecule has 4 nitrogen and oxygen atoms in total. The lowest BCUT2D eigenvalue weighted by Gasteiger charge is -2.56. The van der Waals surface area contributed by atoms with E-state index < -0.39 is 0 Å². The van der Waals surface area contributed by atoms with E-state index in [1.165, 1.54) is 44.1 Å². The first-order valence-electron chi connectivity index (χ1n) is 13.1. The highest BCUT2D eigenvalue weighted by Crippen LogP contribution is 2.60. The standard InChI is InChI=1S/C30H35N3O/c1-3-27(24-11-9-20(2)10-12-24)31-29(34)26-19-33(25-7-5-4-6-8-25)32-28(26)30-16-21-13-22(17-30)15-23(14-21)18-30/h4-12,19,21-23,27H,3,13-18H2,1-2H3,(H,31,34). The van der Waals surface area contributed by atoms with Crippen LogP contribution in [0.4, 0.5) is 0 Å². The van der Waals surface area contributed by atoms with Gasteiger partial charge in [0.05, 0.1) is 23.0 Å². The first-order valence-corrected chi connectivity index (χ1v) is 13.1. The van der Waals surface area contributed by atoms with Crippen molar-refractivity contribution in [3.63, 3.8) is 0 Å². The monoisotopic (exact) mass is 453 g/mol. The minimum absolute atomic E-state index is 0.00242. The topological polar surface area (TPSA) is 46.9 Å². The fourth-order valence-corrected chi connectivity index (χ4v) is 7.50. The van der Waals surface area contributed by atoms with Crippen LogP contribution in [0.2, 0.25) is 0 Å². The molecule has 4 fully saturated rings. The zero-order chi connectivity index (χ0) is 23.3. The number of rotatable bonds is 6. The summed E-state index contributed by atoms with van der Waals surface area (Å²) in [5, 5.41) is 8.53. The molecule has 0 spiro atoms. The number of aryl methyl sites for hydroxylation is 1. The quantitative estimate of drug-likeness (QED) is 0.461. The van der Waals surface area contributed by atoms with Crippen molar-refractivity contribution >= 4 is 5.91 Å². The number of carbonyl (C=O) groups excluding carboxylic acids is 1. The molecule has 0 saturated heterocycles. The first kappa shape index (κ1) is 21.6. The average molecular weight is 454 g/mol. The molecular formula is C30H35N3O. The largest absolute Gasteiger partial charge is 0.345 e. The van der Waals surface area contributed by atoms with Gasteiger partial charge < -0.3 is 5.32 Å². The Morgan fingerprint density at radius 2 is 1.62 bits per heavy atom. The van der Waals surface area contributed by atoms with E-state index >= 15 is 0 Å². The van der Waals surface area contributed by atoms with Crippen molar-refractivity contribution in [2.45, 2.75) is 70.3 Å². The normalized spacial score (nSPS) is 28.1. The summed E-state index contributed by atoms with van der Waals surface area (Å²) < 4.78 is 1.94. The van der Waals surface area contributed by atoms with Crippen LogP contribution in [-0.2, 0) is 5.41 Å². The zero-order valence-electron chi connectivity index (χ0n) is 20.3. The van der Waals surface area contributed by atoms with E-state index in [1.54, 1.807) is 0 Å². The molecule has 1 amide bonds. The third-order valence-electron chi connectivity index (χ3n) is 8.71. The highest BCUT2D eigenvalue weighted by Gasteiger charge is 2.54. The Kier molecular flexibility index (Phi) is 5.35. The highest BCUT2D eigenvalue weighted by atomic mass is 16.1. The van der Waals surface area contributed by atoms with Gasteiger partial charge in [0.1, 0.15) is 0 Å². The maximum atomic E-state index is 13.8. The predicted octanol–water partition coefficient (Wildman–Crippen LogP) is 6.53. The Morgan fingerprint density at radius 1 is 1.00 bits per heavy atom. The third-order valence-corrected chi connectivity index (χ3v) is 8.71. The molecule has 3 aromatic rings. The first-order chi connectivity index (χ1) is 16.5. The summed E-state index contributed by atoms with van der Waals surface area (Å²) in [6.45, 7) is 4.23. The summed E-state index contributed by atoms with van der Waals surface area (Å²) >= 11 is 0. The van der Waals surface area contributed by atoms with Crippen molar-refractivity contribution in [2.24, 2.45) is 17.8 Å². The van der Waals surface area contributed by atoms with E-state index in [0.717, 1.165) is 46.7 Å². The SMILES string of the molecule is CCC(NC(=O)c1cn(-c2ccccc2)nc1C12CC3CC(CC(C3)C1)C2)c1ccc(C)cc1. The van der Waals surface area contributed by atoms with Gasteiger partial charge in [0, 0.05) is 11.6 Å². The number of nitrogens with zero attached hydrogens (tertiary/aromatic N) is 2. The van der Waals surface area contributed by atoms with Crippen molar-refractivity contribution in [3.05, 3.63) is 83.2 Å². The Bertz CT molecular complexity index is 1140. The van der Waals surface area contributed by atoms with Crippen LogP contribution in [0.3, 0.4) is 0 Å². The number of nitrogens with one attached hydrogen (secondary N) is 1. The smallest absolute Gasteiger partial charge is 0.255 e. The lowest BCUT2D eigenvalue weighted by molar-refractivity contribution is -0.00771. The molecule has 4 aliphatic rings. The summed E-state index contributed by atoms with van der Waals surface area (Å²) in [7, 11) is 0. The zero-order valence-corrected chi connectivity index (χ0v) is 20.3. The fourth-order valence-electron chi connectivity index (χ4n) is 7.50. The van der Waals surface area contributed by atoms with Crippen LogP contribution in [-0.4, -0.2) is 15.7 Å². The van der Waals surface area contributed by atoms with Gasteiger partial charge in [-0.25, -0.2) is 4.68 Å². The Balaban J connectivity index is 1.38. The van der Waals surface area contributed by atoms with Crippen molar-refractivity contribution < 1.29 is 4.79 Å². The Hall–Kier alpha value is -2.88. The molecule has 1 heterocycles. The summed E-state index contributed by atoms with van der Waals surface area (Å²) in [6.07, 6.45) is 10.6. The molecule has 4 aliphatic carbocycles. The van der Waals surface area contributed by atoms with Gasteiger partial charge in [-0.15, -0.1) is 0 Å².